The molecular formula is C21H29INO7. The summed E-state index contributed by atoms with van der Waals surface area (Å²) < 4.78 is 16.7. The first-order valence-corrected chi connectivity index (χ1v) is 11.8. The summed E-state index contributed by atoms with van der Waals surface area (Å²) in [6, 6.07) is 0. The Morgan fingerprint density at radius 1 is 1.13 bits per heavy atom. The number of halogens is 1. The van der Waals surface area contributed by atoms with Gasteiger partial charge in [-0.25, -0.2) is 0 Å². The van der Waals surface area contributed by atoms with Crippen LogP contribution in [0.4, 0.5) is 0 Å². The minimum atomic E-state index is -0.667. The monoisotopic (exact) mass is 534 g/mol. The van der Waals surface area contributed by atoms with Crippen molar-refractivity contribution in [2.75, 3.05) is 0 Å². The maximum atomic E-state index is 13.2. The predicted molar refractivity (Wildman–Crippen MR) is 112 cm³/mol. The number of hydrogen-bond donors (Lipinski definition) is 0. The van der Waals surface area contributed by atoms with Gasteiger partial charge in [-0.2, -0.15) is 0 Å². The van der Waals surface area contributed by atoms with Crippen LogP contribution in [0.15, 0.2) is 0 Å². The minimum absolute atomic E-state index is 0.112. The quantitative estimate of drug-likeness (QED) is 0.236. The molecule has 7 atom stereocenters. The van der Waals surface area contributed by atoms with Crippen molar-refractivity contribution in [3.8, 4) is 0 Å². The van der Waals surface area contributed by atoms with Crippen molar-refractivity contribution in [3.05, 3.63) is 0 Å². The average molecular weight is 534 g/mol. The summed E-state index contributed by atoms with van der Waals surface area (Å²) in [5, 5.41) is 13.7. The van der Waals surface area contributed by atoms with E-state index in [-0.39, 0.29) is 21.7 Å². The van der Waals surface area contributed by atoms with E-state index in [1.165, 1.54) is 0 Å². The van der Waals surface area contributed by atoms with Gasteiger partial charge in [-0.05, 0) is 41.0 Å². The van der Waals surface area contributed by atoms with Crippen LogP contribution in [0, 0.1) is 23.7 Å². The molecule has 2 aliphatic carbocycles. The van der Waals surface area contributed by atoms with Crippen molar-refractivity contribution in [2.45, 2.75) is 87.2 Å². The molecular weight excluding hydrogens is 505 g/mol. The van der Waals surface area contributed by atoms with Gasteiger partial charge >= 0.3 is 17.9 Å². The first kappa shape index (κ1) is 22.3. The van der Waals surface area contributed by atoms with E-state index in [1.54, 1.807) is 6.92 Å². The third-order valence-corrected chi connectivity index (χ3v) is 7.74. The van der Waals surface area contributed by atoms with E-state index in [9.17, 15) is 19.6 Å². The first-order chi connectivity index (χ1) is 13.8. The highest BCUT2D eigenvalue weighted by molar-refractivity contribution is 14.1. The molecule has 0 aromatic rings. The highest BCUT2D eigenvalue weighted by atomic mass is 127. The number of esters is 3. The Morgan fingerprint density at radius 3 is 2.30 bits per heavy atom. The molecule has 2 bridgehead atoms. The molecule has 167 valence electrons. The zero-order valence-corrected chi connectivity index (χ0v) is 20.1. The van der Waals surface area contributed by atoms with Gasteiger partial charge in [0.1, 0.15) is 22.2 Å². The number of carbonyl (C=O) groups excluding carboxylic acids is 3. The number of alkyl halides is 1. The number of hydrogen-bond acceptors (Lipinski definition) is 7. The van der Waals surface area contributed by atoms with Crippen LogP contribution in [0.2, 0.25) is 0 Å². The molecule has 4 rings (SSSR count). The Bertz CT molecular complexity index is 748. The highest BCUT2D eigenvalue weighted by Crippen LogP contribution is 2.59. The second kappa shape index (κ2) is 7.30. The molecule has 0 amide bonds. The second-order valence-corrected chi connectivity index (χ2v) is 12.3. The van der Waals surface area contributed by atoms with Crippen molar-refractivity contribution in [2.24, 2.45) is 23.7 Å². The van der Waals surface area contributed by atoms with Crippen LogP contribution < -0.4 is 0 Å². The van der Waals surface area contributed by atoms with Crippen LogP contribution in [0.3, 0.4) is 0 Å². The maximum absolute atomic E-state index is 13.2. The Morgan fingerprint density at radius 2 is 1.73 bits per heavy atom. The van der Waals surface area contributed by atoms with Crippen molar-refractivity contribution < 1.29 is 33.8 Å². The molecule has 2 heterocycles. The molecule has 30 heavy (non-hydrogen) atoms. The van der Waals surface area contributed by atoms with Gasteiger partial charge in [0.15, 0.2) is 0 Å². The number of piperidine rings is 1. The summed E-state index contributed by atoms with van der Waals surface area (Å²) in [5.74, 6) is -2.79. The molecule has 9 heteroatoms. The molecule has 4 fully saturated rings. The third-order valence-electron chi connectivity index (χ3n) is 7.23. The first-order valence-electron chi connectivity index (χ1n) is 10.6. The second-order valence-electron chi connectivity index (χ2n) is 10.4. The van der Waals surface area contributed by atoms with E-state index in [0.29, 0.717) is 19.3 Å². The van der Waals surface area contributed by atoms with E-state index >= 15 is 0 Å². The van der Waals surface area contributed by atoms with Gasteiger partial charge in [0, 0.05) is 35.8 Å². The summed E-state index contributed by atoms with van der Waals surface area (Å²) in [7, 11) is 0. The lowest BCUT2D eigenvalue weighted by molar-refractivity contribution is -0.299. The standard InChI is InChI=1S/C21H29INO7/c1-9(22)17(24)29-15-11-6-12-14(19(26)30-16(12)15)13(11)18(25)28-10-7-20(2,3)23(27)21(4,5)8-10/h9-16H,6-8H2,1-5H3. The molecule has 0 aromatic carbocycles. The lowest BCUT2D eigenvalue weighted by atomic mass is 9.78. The van der Waals surface area contributed by atoms with Crippen molar-refractivity contribution in [1.82, 2.24) is 5.06 Å². The van der Waals surface area contributed by atoms with Gasteiger partial charge in [-0.15, -0.1) is 10.3 Å². The van der Waals surface area contributed by atoms with Gasteiger partial charge < -0.3 is 14.2 Å². The largest absolute Gasteiger partial charge is 0.462 e. The Kier molecular flexibility index (Phi) is 5.42. The van der Waals surface area contributed by atoms with Crippen LogP contribution in [0.5, 0.6) is 0 Å². The van der Waals surface area contributed by atoms with Gasteiger partial charge in [-0.3, -0.25) is 14.4 Å². The summed E-state index contributed by atoms with van der Waals surface area (Å²) in [4.78, 5) is 37.9. The SMILES string of the molecule is CC(I)C(=O)OC1C2CC3C1OC(=O)C3C2C(=O)OC1CC(C)(C)N([O])C(C)(C)C1. The fourth-order valence-corrected chi connectivity index (χ4v) is 6.34. The Hall–Kier alpha value is -0.940. The number of rotatable bonds is 4. The lowest BCUT2D eigenvalue weighted by Crippen LogP contribution is -2.60. The number of ether oxygens (including phenoxy) is 3. The van der Waals surface area contributed by atoms with Crippen LogP contribution in [0.1, 0.15) is 53.9 Å². The number of hydroxylamine groups is 2. The van der Waals surface area contributed by atoms with Crippen molar-refractivity contribution >= 4 is 40.5 Å². The van der Waals surface area contributed by atoms with E-state index in [0.717, 1.165) is 5.06 Å². The molecule has 8 nitrogen and oxygen atoms in total. The van der Waals surface area contributed by atoms with E-state index in [4.69, 9.17) is 14.2 Å². The number of fused-ring (bicyclic) bond motifs is 1. The van der Waals surface area contributed by atoms with Gasteiger partial charge in [-0.1, -0.05) is 22.6 Å². The molecule has 0 aromatic heterocycles. The Balaban J connectivity index is 1.51. The number of carbonyl (C=O) groups is 3. The molecule has 2 aliphatic heterocycles. The Labute approximate surface area is 190 Å². The maximum Gasteiger partial charge on any atom is 0.319 e. The van der Waals surface area contributed by atoms with Crippen LogP contribution in [0.25, 0.3) is 0 Å². The fraction of sp³-hybridized carbons (Fsp3) is 0.857. The van der Waals surface area contributed by atoms with Crippen LogP contribution in [-0.2, 0) is 33.8 Å². The van der Waals surface area contributed by atoms with Crippen molar-refractivity contribution in [1.29, 1.82) is 0 Å². The van der Waals surface area contributed by atoms with Crippen LogP contribution in [-0.4, -0.2) is 56.3 Å². The molecule has 1 radical (unpaired) electrons. The van der Waals surface area contributed by atoms with Crippen molar-refractivity contribution in [3.63, 3.8) is 0 Å². The number of nitrogens with zero attached hydrogens (tertiary/aromatic N) is 1. The highest BCUT2D eigenvalue weighted by Gasteiger charge is 2.70. The smallest absolute Gasteiger partial charge is 0.319 e. The zero-order chi connectivity index (χ0) is 22.2. The molecule has 2 saturated carbocycles. The van der Waals surface area contributed by atoms with E-state index in [2.05, 4.69) is 0 Å². The average Bonchev–Trinajstić information content (AvgIpc) is 3.22. The predicted octanol–water partition coefficient (Wildman–Crippen LogP) is 2.44. The molecule has 0 N–H and O–H groups in total. The summed E-state index contributed by atoms with van der Waals surface area (Å²) in [5.41, 5.74) is -1.32. The summed E-state index contributed by atoms with van der Waals surface area (Å²) >= 11 is 1.98. The zero-order valence-electron chi connectivity index (χ0n) is 17.9. The minimum Gasteiger partial charge on any atom is -0.462 e. The third kappa shape index (κ3) is 3.44. The molecule has 0 spiro atoms. The van der Waals surface area contributed by atoms with Gasteiger partial charge in [0.25, 0.3) is 0 Å². The molecule has 2 saturated heterocycles. The van der Waals surface area contributed by atoms with E-state index < -0.39 is 53.2 Å². The van der Waals surface area contributed by atoms with Gasteiger partial charge in [0.05, 0.1) is 11.8 Å². The summed E-state index contributed by atoms with van der Waals surface area (Å²) in [6.45, 7) is 9.12. The lowest BCUT2D eigenvalue weighted by Gasteiger charge is -2.49. The summed E-state index contributed by atoms with van der Waals surface area (Å²) in [6.07, 6.45) is -0.00190. The fourth-order valence-electron chi connectivity index (χ4n) is 6.19. The van der Waals surface area contributed by atoms with E-state index in [1.807, 2.05) is 50.3 Å². The molecule has 7 unspecified atom stereocenters. The van der Waals surface area contributed by atoms with Crippen LogP contribution >= 0.6 is 22.6 Å². The molecule has 4 aliphatic rings. The topological polar surface area (TPSA) is 102 Å². The normalized spacial score (nSPS) is 40.2. The van der Waals surface area contributed by atoms with Gasteiger partial charge in [0.2, 0.25) is 0 Å².